The average Bonchev–Trinajstić information content (AvgIpc) is 2.60. The smallest absolute Gasteiger partial charge is 0.267 e. The number of benzene rings is 1. The molecule has 25 heavy (non-hydrogen) atoms. The predicted molar refractivity (Wildman–Crippen MR) is 93.9 cm³/mol. The number of aromatic nitrogens is 1. The van der Waals surface area contributed by atoms with Crippen LogP contribution in [0.3, 0.4) is 0 Å². The predicted octanol–water partition coefficient (Wildman–Crippen LogP) is 1.85. The normalized spacial score (nSPS) is 10.1. The van der Waals surface area contributed by atoms with E-state index in [1.54, 1.807) is 6.07 Å². The largest absolute Gasteiger partial charge is 0.364 e. The lowest BCUT2D eigenvalue weighted by atomic mass is 10.2. The van der Waals surface area contributed by atoms with Crippen LogP contribution in [-0.2, 0) is 11.3 Å². The summed E-state index contributed by atoms with van der Waals surface area (Å²) in [5, 5.41) is 5.58. The quantitative estimate of drug-likeness (QED) is 0.713. The molecule has 130 valence electrons. The Morgan fingerprint density at radius 3 is 2.60 bits per heavy atom. The van der Waals surface area contributed by atoms with Crippen LogP contribution in [0.25, 0.3) is 0 Å². The fourth-order valence-corrected chi connectivity index (χ4v) is 2.17. The van der Waals surface area contributed by atoms with Crippen molar-refractivity contribution in [2.24, 2.45) is 5.73 Å². The topological polar surface area (TPSA) is 114 Å². The number of rotatable bonds is 7. The van der Waals surface area contributed by atoms with Gasteiger partial charge in [-0.15, -0.1) is 0 Å². The number of nitrogens with two attached hydrogens (primary N) is 1. The van der Waals surface area contributed by atoms with Crippen LogP contribution in [0.2, 0.25) is 0 Å². The molecule has 0 saturated heterocycles. The van der Waals surface area contributed by atoms with E-state index < -0.39 is 5.91 Å². The molecule has 3 amide bonds. The summed E-state index contributed by atoms with van der Waals surface area (Å²) in [6.45, 7) is 2.24. The van der Waals surface area contributed by atoms with Crippen molar-refractivity contribution in [3.63, 3.8) is 0 Å². The molecule has 0 spiro atoms. The molecule has 0 aliphatic rings. The van der Waals surface area contributed by atoms with Crippen LogP contribution in [0.4, 0.5) is 5.69 Å². The molecule has 0 saturated carbocycles. The summed E-state index contributed by atoms with van der Waals surface area (Å²) in [4.78, 5) is 38.5. The fourth-order valence-electron chi connectivity index (χ4n) is 2.17. The lowest BCUT2D eigenvalue weighted by Gasteiger charge is -2.08. The zero-order valence-electron chi connectivity index (χ0n) is 13.9. The van der Waals surface area contributed by atoms with E-state index in [2.05, 4.69) is 15.6 Å². The van der Waals surface area contributed by atoms with Gasteiger partial charge < -0.3 is 16.4 Å². The average molecular weight is 340 g/mol. The van der Waals surface area contributed by atoms with Crippen LogP contribution in [0, 0.1) is 0 Å². The van der Waals surface area contributed by atoms with Crippen molar-refractivity contribution in [2.45, 2.75) is 26.3 Å². The summed E-state index contributed by atoms with van der Waals surface area (Å²) >= 11 is 0. The maximum absolute atomic E-state index is 12.1. The number of amides is 3. The Kier molecular flexibility index (Phi) is 6.22. The van der Waals surface area contributed by atoms with Crippen LogP contribution in [0.5, 0.6) is 0 Å². The fraction of sp³-hybridized carbons (Fsp3) is 0.222. The van der Waals surface area contributed by atoms with Crippen molar-refractivity contribution in [2.75, 3.05) is 5.32 Å². The first-order valence-corrected chi connectivity index (χ1v) is 7.92. The Hall–Kier alpha value is -3.22. The first kappa shape index (κ1) is 18.1. The standard InChI is InChI=1S/C18H20N4O3/c1-2-4-16(23)22-14-6-3-5-12(9-14)10-21-18(25)13-7-8-15(17(19)24)20-11-13/h3,5-9,11H,2,4,10H2,1H3,(H2,19,24)(H,21,25)(H,22,23). The molecular weight excluding hydrogens is 320 g/mol. The SMILES string of the molecule is CCCC(=O)Nc1cccc(CNC(=O)c2ccc(C(N)=O)nc2)c1. The van der Waals surface area contributed by atoms with E-state index in [1.165, 1.54) is 18.3 Å². The van der Waals surface area contributed by atoms with Crippen LogP contribution < -0.4 is 16.4 Å². The number of nitrogens with one attached hydrogen (secondary N) is 2. The molecule has 0 fully saturated rings. The highest BCUT2D eigenvalue weighted by Crippen LogP contribution is 2.11. The molecule has 1 heterocycles. The Morgan fingerprint density at radius 1 is 1.16 bits per heavy atom. The number of carbonyl (C=O) groups is 3. The molecule has 4 N–H and O–H groups in total. The molecule has 7 nitrogen and oxygen atoms in total. The second-order valence-electron chi connectivity index (χ2n) is 5.48. The van der Waals surface area contributed by atoms with Crippen LogP contribution in [0.1, 0.15) is 46.2 Å². The molecule has 0 aliphatic carbocycles. The van der Waals surface area contributed by atoms with Gasteiger partial charge in [0, 0.05) is 24.8 Å². The van der Waals surface area contributed by atoms with Crippen molar-refractivity contribution in [3.8, 4) is 0 Å². The molecule has 0 unspecified atom stereocenters. The summed E-state index contributed by atoms with van der Waals surface area (Å²) in [7, 11) is 0. The Balaban J connectivity index is 1.95. The minimum atomic E-state index is -0.645. The second-order valence-corrected chi connectivity index (χ2v) is 5.48. The lowest BCUT2D eigenvalue weighted by Crippen LogP contribution is -2.23. The number of hydrogen-bond acceptors (Lipinski definition) is 4. The van der Waals surface area contributed by atoms with Crippen molar-refractivity contribution >= 4 is 23.4 Å². The summed E-state index contributed by atoms with van der Waals surface area (Å²) in [5.41, 5.74) is 7.09. The summed E-state index contributed by atoms with van der Waals surface area (Å²) in [5.74, 6) is -0.998. The van der Waals surface area contributed by atoms with Gasteiger partial charge in [0.15, 0.2) is 0 Å². The summed E-state index contributed by atoms with van der Waals surface area (Å²) in [6, 6.07) is 10.2. The van der Waals surface area contributed by atoms with E-state index in [1.807, 2.05) is 25.1 Å². The van der Waals surface area contributed by atoms with E-state index in [0.29, 0.717) is 24.2 Å². The van der Waals surface area contributed by atoms with Gasteiger partial charge in [-0.1, -0.05) is 19.1 Å². The van der Waals surface area contributed by atoms with E-state index in [0.717, 1.165) is 12.0 Å². The minimum absolute atomic E-state index is 0.0377. The van der Waals surface area contributed by atoms with Crippen molar-refractivity contribution in [3.05, 3.63) is 59.4 Å². The molecule has 0 atom stereocenters. The molecule has 1 aromatic carbocycles. The van der Waals surface area contributed by atoms with Gasteiger partial charge in [-0.3, -0.25) is 19.4 Å². The number of carbonyl (C=O) groups excluding carboxylic acids is 3. The van der Waals surface area contributed by atoms with Gasteiger partial charge in [0.25, 0.3) is 11.8 Å². The third-order valence-electron chi connectivity index (χ3n) is 3.42. The maximum Gasteiger partial charge on any atom is 0.267 e. The summed E-state index contributed by atoms with van der Waals surface area (Å²) < 4.78 is 0. The van der Waals surface area contributed by atoms with E-state index >= 15 is 0 Å². The highest BCUT2D eigenvalue weighted by Gasteiger charge is 2.08. The first-order valence-electron chi connectivity index (χ1n) is 7.92. The Labute approximate surface area is 145 Å². The Morgan fingerprint density at radius 2 is 1.96 bits per heavy atom. The molecule has 2 rings (SSSR count). The lowest BCUT2D eigenvalue weighted by molar-refractivity contribution is -0.116. The molecule has 1 aromatic heterocycles. The number of pyridine rings is 1. The van der Waals surface area contributed by atoms with Gasteiger partial charge in [-0.2, -0.15) is 0 Å². The monoisotopic (exact) mass is 340 g/mol. The van der Waals surface area contributed by atoms with Gasteiger partial charge in [-0.25, -0.2) is 0 Å². The minimum Gasteiger partial charge on any atom is -0.364 e. The van der Waals surface area contributed by atoms with Crippen LogP contribution >= 0.6 is 0 Å². The van der Waals surface area contributed by atoms with Gasteiger partial charge in [0.05, 0.1) is 5.56 Å². The molecule has 0 radical (unpaired) electrons. The zero-order chi connectivity index (χ0) is 18.2. The summed E-state index contributed by atoms with van der Waals surface area (Å²) in [6.07, 6.45) is 2.55. The number of anilines is 1. The van der Waals surface area contributed by atoms with Crippen LogP contribution in [0.15, 0.2) is 42.6 Å². The van der Waals surface area contributed by atoms with E-state index in [9.17, 15) is 14.4 Å². The van der Waals surface area contributed by atoms with Gasteiger partial charge in [0.2, 0.25) is 5.91 Å². The first-order chi connectivity index (χ1) is 12.0. The second kappa shape index (κ2) is 8.58. The third kappa shape index (κ3) is 5.42. The molecule has 7 heteroatoms. The van der Waals surface area contributed by atoms with E-state index in [-0.39, 0.29) is 17.5 Å². The Bertz CT molecular complexity index is 772. The van der Waals surface area contributed by atoms with Gasteiger partial charge in [-0.05, 0) is 36.2 Å². The van der Waals surface area contributed by atoms with Gasteiger partial charge >= 0.3 is 0 Å². The van der Waals surface area contributed by atoms with Crippen molar-refractivity contribution in [1.29, 1.82) is 0 Å². The van der Waals surface area contributed by atoms with Crippen molar-refractivity contribution < 1.29 is 14.4 Å². The highest BCUT2D eigenvalue weighted by atomic mass is 16.2. The van der Waals surface area contributed by atoms with Crippen molar-refractivity contribution in [1.82, 2.24) is 10.3 Å². The molecule has 0 bridgehead atoms. The molecule has 0 aliphatic heterocycles. The number of nitrogens with zero attached hydrogens (tertiary/aromatic N) is 1. The van der Waals surface area contributed by atoms with E-state index in [4.69, 9.17) is 5.73 Å². The number of primary amides is 1. The zero-order valence-corrected chi connectivity index (χ0v) is 13.9. The molecular formula is C18H20N4O3. The molecule has 2 aromatic rings. The maximum atomic E-state index is 12.1. The highest BCUT2D eigenvalue weighted by molar-refractivity contribution is 5.95. The van der Waals surface area contributed by atoms with Gasteiger partial charge in [0.1, 0.15) is 5.69 Å². The van der Waals surface area contributed by atoms with Crippen LogP contribution in [-0.4, -0.2) is 22.7 Å². The third-order valence-corrected chi connectivity index (χ3v) is 3.42. The number of hydrogen-bond donors (Lipinski definition) is 3.